The number of rotatable bonds is 5. The van der Waals surface area contributed by atoms with E-state index < -0.39 is 0 Å². The first-order chi connectivity index (χ1) is 10.2. The summed E-state index contributed by atoms with van der Waals surface area (Å²) in [4.78, 5) is 4.55. The molecule has 1 atom stereocenters. The standard InChI is InChI=1S/C16H21N3OS/c1-12(21-11-13-7-3-2-4-8-13)14-18-15(19-20-14)16(17)9-5-6-10-16/h2-4,7-8,12H,5-6,9-11,17H2,1H3. The van der Waals surface area contributed by atoms with Crippen molar-refractivity contribution < 1.29 is 4.52 Å². The molecule has 0 saturated heterocycles. The minimum absolute atomic E-state index is 0.177. The molecular weight excluding hydrogens is 282 g/mol. The third-order valence-corrected chi connectivity index (χ3v) is 5.28. The van der Waals surface area contributed by atoms with Gasteiger partial charge in [0, 0.05) is 5.75 Å². The second-order valence-electron chi connectivity index (χ2n) is 5.76. The number of nitrogens with zero attached hydrogens (tertiary/aromatic N) is 2. The first-order valence-corrected chi connectivity index (χ1v) is 8.51. The van der Waals surface area contributed by atoms with E-state index in [1.807, 2.05) is 6.07 Å². The molecule has 1 aliphatic carbocycles. The van der Waals surface area contributed by atoms with Crippen LogP contribution in [0.2, 0.25) is 0 Å². The largest absolute Gasteiger partial charge is 0.338 e. The molecular formula is C16H21N3OS. The molecule has 0 radical (unpaired) electrons. The summed E-state index contributed by atoms with van der Waals surface area (Å²) in [5.41, 5.74) is 7.30. The lowest BCUT2D eigenvalue weighted by Crippen LogP contribution is -2.34. The van der Waals surface area contributed by atoms with Crippen LogP contribution in [0.5, 0.6) is 0 Å². The Morgan fingerprint density at radius 2 is 2.00 bits per heavy atom. The number of thioether (sulfide) groups is 1. The van der Waals surface area contributed by atoms with Crippen molar-refractivity contribution in [2.75, 3.05) is 0 Å². The molecule has 1 aromatic carbocycles. The Balaban J connectivity index is 1.63. The zero-order valence-corrected chi connectivity index (χ0v) is 13.1. The molecule has 2 N–H and O–H groups in total. The Bertz CT molecular complexity index is 578. The summed E-state index contributed by atoms with van der Waals surface area (Å²) in [6.07, 6.45) is 4.21. The highest BCUT2D eigenvalue weighted by molar-refractivity contribution is 7.98. The van der Waals surface area contributed by atoms with Gasteiger partial charge in [0.1, 0.15) is 0 Å². The SMILES string of the molecule is CC(SCc1ccccc1)c1nc(C2(N)CCCC2)no1. The van der Waals surface area contributed by atoms with Crippen LogP contribution in [0.4, 0.5) is 0 Å². The molecule has 3 rings (SSSR count). The highest BCUT2D eigenvalue weighted by atomic mass is 32.2. The van der Waals surface area contributed by atoms with Gasteiger partial charge in [0.05, 0.1) is 10.8 Å². The fourth-order valence-electron chi connectivity index (χ4n) is 2.70. The Kier molecular flexibility index (Phi) is 4.31. The zero-order chi connectivity index (χ0) is 14.7. The van der Waals surface area contributed by atoms with Crippen LogP contribution in [0.1, 0.15) is 55.1 Å². The molecule has 21 heavy (non-hydrogen) atoms. The summed E-state index contributed by atoms with van der Waals surface area (Å²) in [6.45, 7) is 2.10. The van der Waals surface area contributed by atoms with Crippen molar-refractivity contribution in [3.05, 3.63) is 47.6 Å². The van der Waals surface area contributed by atoms with Crippen LogP contribution in [0.15, 0.2) is 34.9 Å². The first kappa shape index (κ1) is 14.6. The van der Waals surface area contributed by atoms with Gasteiger partial charge < -0.3 is 10.3 Å². The fourth-order valence-corrected chi connectivity index (χ4v) is 3.57. The van der Waals surface area contributed by atoms with Gasteiger partial charge in [-0.05, 0) is 25.3 Å². The van der Waals surface area contributed by atoms with Crippen molar-refractivity contribution >= 4 is 11.8 Å². The minimum atomic E-state index is -0.369. The third kappa shape index (κ3) is 3.30. The number of hydrogen-bond donors (Lipinski definition) is 1. The smallest absolute Gasteiger partial charge is 0.239 e. The van der Waals surface area contributed by atoms with Gasteiger partial charge in [0.15, 0.2) is 5.82 Å². The molecule has 0 amide bonds. The van der Waals surface area contributed by atoms with E-state index in [0.29, 0.717) is 11.7 Å². The van der Waals surface area contributed by atoms with Crippen molar-refractivity contribution in [2.24, 2.45) is 5.73 Å². The van der Waals surface area contributed by atoms with E-state index in [-0.39, 0.29) is 10.8 Å². The van der Waals surface area contributed by atoms with Crippen LogP contribution >= 0.6 is 11.8 Å². The van der Waals surface area contributed by atoms with Gasteiger partial charge in [-0.3, -0.25) is 0 Å². The molecule has 1 fully saturated rings. The van der Waals surface area contributed by atoms with Gasteiger partial charge in [-0.15, -0.1) is 11.8 Å². The second-order valence-corrected chi connectivity index (χ2v) is 7.09. The third-order valence-electron chi connectivity index (χ3n) is 4.07. The van der Waals surface area contributed by atoms with Gasteiger partial charge in [-0.1, -0.05) is 48.3 Å². The number of hydrogen-bond acceptors (Lipinski definition) is 5. The summed E-state index contributed by atoms with van der Waals surface area (Å²) in [6, 6.07) is 10.4. The minimum Gasteiger partial charge on any atom is -0.338 e. The topological polar surface area (TPSA) is 64.9 Å². The van der Waals surface area contributed by atoms with Crippen molar-refractivity contribution in [1.29, 1.82) is 0 Å². The maximum Gasteiger partial charge on any atom is 0.239 e. The van der Waals surface area contributed by atoms with E-state index in [2.05, 4.69) is 41.3 Å². The van der Waals surface area contributed by atoms with Gasteiger partial charge in [0.2, 0.25) is 5.89 Å². The predicted octanol–water partition coefficient (Wildman–Crippen LogP) is 3.79. The van der Waals surface area contributed by atoms with Crippen molar-refractivity contribution in [3.8, 4) is 0 Å². The van der Waals surface area contributed by atoms with E-state index in [1.165, 1.54) is 5.56 Å². The monoisotopic (exact) mass is 303 g/mol. The molecule has 112 valence electrons. The molecule has 1 unspecified atom stereocenters. The Hall–Kier alpha value is -1.33. The molecule has 0 bridgehead atoms. The van der Waals surface area contributed by atoms with Crippen LogP contribution in [0, 0.1) is 0 Å². The van der Waals surface area contributed by atoms with Crippen LogP contribution in [-0.2, 0) is 11.3 Å². The molecule has 5 heteroatoms. The van der Waals surface area contributed by atoms with Crippen LogP contribution in [0.25, 0.3) is 0 Å². The quantitative estimate of drug-likeness (QED) is 0.910. The predicted molar refractivity (Wildman–Crippen MR) is 84.8 cm³/mol. The van der Waals surface area contributed by atoms with Gasteiger partial charge >= 0.3 is 0 Å². The lowest BCUT2D eigenvalue weighted by atomic mass is 9.99. The Labute approximate surface area is 129 Å². The fraction of sp³-hybridized carbons (Fsp3) is 0.500. The summed E-state index contributed by atoms with van der Waals surface area (Å²) in [5.74, 6) is 2.30. The maximum atomic E-state index is 6.37. The molecule has 2 aromatic rings. The average Bonchev–Trinajstić information content (AvgIpc) is 3.16. The van der Waals surface area contributed by atoms with Gasteiger partial charge in [-0.25, -0.2) is 0 Å². The summed E-state index contributed by atoms with van der Waals surface area (Å²) in [7, 11) is 0. The maximum absolute atomic E-state index is 6.37. The molecule has 1 saturated carbocycles. The highest BCUT2D eigenvalue weighted by Crippen LogP contribution is 2.36. The van der Waals surface area contributed by atoms with Gasteiger partial charge in [-0.2, -0.15) is 4.98 Å². The lowest BCUT2D eigenvalue weighted by Gasteiger charge is -2.17. The number of benzene rings is 1. The van der Waals surface area contributed by atoms with Crippen molar-refractivity contribution in [2.45, 2.75) is 49.1 Å². The van der Waals surface area contributed by atoms with Crippen molar-refractivity contribution in [3.63, 3.8) is 0 Å². The van der Waals surface area contributed by atoms with Gasteiger partial charge in [0.25, 0.3) is 0 Å². The highest BCUT2D eigenvalue weighted by Gasteiger charge is 2.36. The zero-order valence-electron chi connectivity index (χ0n) is 12.3. The van der Waals surface area contributed by atoms with Crippen molar-refractivity contribution in [1.82, 2.24) is 10.1 Å². The molecule has 1 aromatic heterocycles. The van der Waals surface area contributed by atoms with E-state index >= 15 is 0 Å². The van der Waals surface area contributed by atoms with Crippen LogP contribution in [0.3, 0.4) is 0 Å². The summed E-state index contributed by atoms with van der Waals surface area (Å²) >= 11 is 1.80. The number of nitrogens with two attached hydrogens (primary N) is 1. The molecule has 1 aliphatic rings. The normalized spacial score (nSPS) is 18.8. The number of aromatic nitrogens is 2. The van der Waals surface area contributed by atoms with E-state index in [1.54, 1.807) is 11.8 Å². The average molecular weight is 303 g/mol. The molecule has 0 spiro atoms. The molecule has 4 nitrogen and oxygen atoms in total. The van der Waals surface area contributed by atoms with E-state index in [4.69, 9.17) is 10.3 Å². The van der Waals surface area contributed by atoms with E-state index in [9.17, 15) is 0 Å². The second kappa shape index (κ2) is 6.20. The van der Waals surface area contributed by atoms with Crippen LogP contribution < -0.4 is 5.73 Å². The molecule has 1 heterocycles. The summed E-state index contributed by atoms with van der Waals surface area (Å²) in [5, 5.41) is 4.30. The lowest BCUT2D eigenvalue weighted by molar-refractivity contribution is 0.349. The van der Waals surface area contributed by atoms with Crippen LogP contribution in [-0.4, -0.2) is 10.1 Å². The molecule has 0 aliphatic heterocycles. The first-order valence-electron chi connectivity index (χ1n) is 7.46. The summed E-state index contributed by atoms with van der Waals surface area (Å²) < 4.78 is 5.43. The Morgan fingerprint density at radius 1 is 1.29 bits per heavy atom. The van der Waals surface area contributed by atoms with E-state index in [0.717, 1.165) is 31.4 Å². The Morgan fingerprint density at radius 3 is 2.71 bits per heavy atom.